The van der Waals surface area contributed by atoms with Crippen molar-refractivity contribution in [1.82, 2.24) is 14.9 Å². The number of hydrogen-bond donors (Lipinski definition) is 1. The Morgan fingerprint density at radius 1 is 1.21 bits per heavy atom. The number of fused-ring (bicyclic) bond motifs is 1. The smallest absolute Gasteiger partial charge is 0.258 e. The van der Waals surface area contributed by atoms with Crippen LogP contribution in [-0.4, -0.2) is 40.0 Å². The lowest BCUT2D eigenvalue weighted by Gasteiger charge is -2.25. The Morgan fingerprint density at radius 2 is 2.00 bits per heavy atom. The van der Waals surface area contributed by atoms with Crippen molar-refractivity contribution in [3.63, 3.8) is 0 Å². The van der Waals surface area contributed by atoms with E-state index >= 15 is 0 Å². The fraction of sp³-hybridized carbons (Fsp3) is 0.318. The number of para-hydroxylation sites is 1. The molecule has 29 heavy (non-hydrogen) atoms. The summed E-state index contributed by atoms with van der Waals surface area (Å²) in [6.45, 7) is 1.46. The number of halogens is 1. The highest BCUT2D eigenvalue weighted by atomic mass is 79.9. The standard InChI is InChI=1S/C22H22BrN3O3/c23-16-9-7-15(8-10-16)12-21(27)26(13-17-4-3-11-29-17)14-20-24-19-6-2-1-5-18(19)22(28)25-20/h1-2,5-10,17H,3-4,11-14H2,(H,24,25,28). The molecule has 7 heteroatoms. The summed E-state index contributed by atoms with van der Waals surface area (Å²) in [6.07, 6.45) is 2.25. The first-order chi connectivity index (χ1) is 14.1. The number of hydrogen-bond acceptors (Lipinski definition) is 4. The Bertz CT molecular complexity index is 1060. The van der Waals surface area contributed by atoms with Gasteiger partial charge in [0.15, 0.2) is 0 Å². The molecule has 1 atom stereocenters. The third kappa shape index (κ3) is 4.92. The minimum Gasteiger partial charge on any atom is -0.376 e. The maximum Gasteiger partial charge on any atom is 0.258 e. The van der Waals surface area contributed by atoms with Crippen LogP contribution in [0.25, 0.3) is 10.9 Å². The van der Waals surface area contributed by atoms with E-state index in [0.29, 0.717) is 23.3 Å². The maximum absolute atomic E-state index is 13.1. The van der Waals surface area contributed by atoms with Gasteiger partial charge in [0, 0.05) is 17.6 Å². The van der Waals surface area contributed by atoms with Crippen molar-refractivity contribution in [3.8, 4) is 0 Å². The minimum absolute atomic E-state index is 0.0152. The van der Waals surface area contributed by atoms with Crippen LogP contribution in [0.15, 0.2) is 57.8 Å². The Hall–Kier alpha value is -2.51. The molecule has 0 aliphatic carbocycles. The molecule has 0 bridgehead atoms. The summed E-state index contributed by atoms with van der Waals surface area (Å²) in [7, 11) is 0. The Morgan fingerprint density at radius 3 is 2.76 bits per heavy atom. The van der Waals surface area contributed by atoms with Crippen molar-refractivity contribution in [2.45, 2.75) is 31.9 Å². The number of benzene rings is 2. The summed E-state index contributed by atoms with van der Waals surface area (Å²) in [6, 6.07) is 14.9. The highest BCUT2D eigenvalue weighted by Crippen LogP contribution is 2.17. The number of aromatic nitrogens is 2. The molecule has 2 aromatic carbocycles. The number of carbonyl (C=O) groups is 1. The van der Waals surface area contributed by atoms with Crippen LogP contribution in [-0.2, 0) is 22.5 Å². The van der Waals surface area contributed by atoms with Gasteiger partial charge in [-0.25, -0.2) is 4.98 Å². The van der Waals surface area contributed by atoms with E-state index in [9.17, 15) is 9.59 Å². The number of carbonyl (C=O) groups excluding carboxylic acids is 1. The fourth-order valence-corrected chi connectivity index (χ4v) is 3.83. The van der Waals surface area contributed by atoms with Gasteiger partial charge in [-0.1, -0.05) is 40.2 Å². The molecule has 2 heterocycles. The summed E-state index contributed by atoms with van der Waals surface area (Å²) < 4.78 is 6.71. The topological polar surface area (TPSA) is 75.3 Å². The van der Waals surface area contributed by atoms with Gasteiger partial charge in [0.25, 0.3) is 5.56 Å². The Balaban J connectivity index is 1.57. The molecule has 1 aliphatic rings. The van der Waals surface area contributed by atoms with Crippen molar-refractivity contribution in [3.05, 3.63) is 74.7 Å². The van der Waals surface area contributed by atoms with E-state index in [0.717, 1.165) is 29.5 Å². The zero-order chi connectivity index (χ0) is 20.2. The van der Waals surface area contributed by atoms with Crippen molar-refractivity contribution >= 4 is 32.7 Å². The molecular weight excluding hydrogens is 434 g/mol. The first-order valence-electron chi connectivity index (χ1n) is 9.70. The number of aromatic amines is 1. The summed E-state index contributed by atoms with van der Waals surface area (Å²) in [5.74, 6) is 0.467. The Kier molecular flexibility index (Phi) is 6.06. The van der Waals surface area contributed by atoms with Crippen LogP contribution >= 0.6 is 15.9 Å². The van der Waals surface area contributed by atoms with E-state index in [1.807, 2.05) is 42.5 Å². The number of nitrogens with zero attached hydrogens (tertiary/aromatic N) is 2. The van der Waals surface area contributed by atoms with Gasteiger partial charge in [-0.15, -0.1) is 0 Å². The number of nitrogens with one attached hydrogen (secondary N) is 1. The van der Waals surface area contributed by atoms with Crippen molar-refractivity contribution in [2.24, 2.45) is 0 Å². The average Bonchev–Trinajstić information content (AvgIpc) is 3.22. The molecule has 1 fully saturated rings. The van der Waals surface area contributed by atoms with E-state index in [1.54, 1.807) is 11.0 Å². The van der Waals surface area contributed by atoms with Crippen LogP contribution in [0.2, 0.25) is 0 Å². The third-order valence-electron chi connectivity index (χ3n) is 5.07. The van der Waals surface area contributed by atoms with E-state index in [4.69, 9.17) is 4.74 Å². The van der Waals surface area contributed by atoms with Gasteiger partial charge in [-0.05, 0) is 42.7 Å². The number of ether oxygens (including phenoxy) is 1. The van der Waals surface area contributed by atoms with Crippen LogP contribution in [0.3, 0.4) is 0 Å². The summed E-state index contributed by atoms with van der Waals surface area (Å²) in [4.78, 5) is 34.6. The van der Waals surface area contributed by atoms with Gasteiger partial charge < -0.3 is 14.6 Å². The quantitative estimate of drug-likeness (QED) is 0.617. The lowest BCUT2D eigenvalue weighted by Crippen LogP contribution is -2.38. The second-order valence-electron chi connectivity index (χ2n) is 7.24. The van der Waals surface area contributed by atoms with E-state index in [2.05, 4.69) is 25.9 Å². The molecule has 1 saturated heterocycles. The van der Waals surface area contributed by atoms with Crippen LogP contribution in [0.1, 0.15) is 24.2 Å². The van der Waals surface area contributed by atoms with Gasteiger partial charge in [0.05, 0.1) is 30.0 Å². The van der Waals surface area contributed by atoms with Gasteiger partial charge >= 0.3 is 0 Å². The molecule has 1 amide bonds. The van der Waals surface area contributed by atoms with Gasteiger partial charge in [0.1, 0.15) is 5.82 Å². The van der Waals surface area contributed by atoms with Crippen molar-refractivity contribution in [2.75, 3.05) is 13.2 Å². The average molecular weight is 456 g/mol. The van der Waals surface area contributed by atoms with Gasteiger partial charge in [-0.3, -0.25) is 9.59 Å². The molecule has 4 rings (SSSR count). The summed E-state index contributed by atoms with van der Waals surface area (Å²) >= 11 is 3.42. The monoisotopic (exact) mass is 455 g/mol. The number of H-pyrrole nitrogens is 1. The molecule has 0 spiro atoms. The van der Waals surface area contributed by atoms with Crippen LogP contribution < -0.4 is 5.56 Å². The molecule has 3 aromatic rings. The molecule has 0 saturated carbocycles. The predicted octanol–water partition coefficient (Wildman–Crippen LogP) is 3.44. The van der Waals surface area contributed by atoms with E-state index in [-0.39, 0.29) is 30.5 Å². The van der Waals surface area contributed by atoms with Crippen LogP contribution in [0.4, 0.5) is 0 Å². The third-order valence-corrected chi connectivity index (χ3v) is 5.60. The number of rotatable bonds is 6. The van der Waals surface area contributed by atoms with E-state index in [1.165, 1.54) is 0 Å². The molecule has 6 nitrogen and oxygen atoms in total. The molecule has 1 N–H and O–H groups in total. The largest absolute Gasteiger partial charge is 0.376 e. The van der Waals surface area contributed by atoms with Crippen molar-refractivity contribution < 1.29 is 9.53 Å². The van der Waals surface area contributed by atoms with Crippen LogP contribution in [0, 0.1) is 0 Å². The zero-order valence-corrected chi connectivity index (χ0v) is 17.5. The second-order valence-corrected chi connectivity index (χ2v) is 8.16. The van der Waals surface area contributed by atoms with E-state index < -0.39 is 0 Å². The number of amides is 1. The highest BCUT2D eigenvalue weighted by Gasteiger charge is 2.23. The molecular formula is C22H22BrN3O3. The first kappa shape index (κ1) is 19.8. The lowest BCUT2D eigenvalue weighted by atomic mass is 10.1. The fourth-order valence-electron chi connectivity index (χ4n) is 3.57. The zero-order valence-electron chi connectivity index (χ0n) is 15.9. The minimum atomic E-state index is -0.192. The molecule has 1 unspecified atom stereocenters. The molecule has 150 valence electrons. The predicted molar refractivity (Wildman–Crippen MR) is 115 cm³/mol. The molecule has 1 aromatic heterocycles. The van der Waals surface area contributed by atoms with Gasteiger partial charge in [-0.2, -0.15) is 0 Å². The Labute approximate surface area is 177 Å². The van der Waals surface area contributed by atoms with Crippen molar-refractivity contribution in [1.29, 1.82) is 0 Å². The van der Waals surface area contributed by atoms with Crippen LogP contribution in [0.5, 0.6) is 0 Å². The summed E-state index contributed by atoms with van der Waals surface area (Å²) in [5, 5.41) is 0.545. The highest BCUT2D eigenvalue weighted by molar-refractivity contribution is 9.10. The molecule has 1 aliphatic heterocycles. The van der Waals surface area contributed by atoms with Gasteiger partial charge in [0.2, 0.25) is 5.91 Å². The second kappa shape index (κ2) is 8.88. The first-order valence-corrected chi connectivity index (χ1v) is 10.5. The molecule has 0 radical (unpaired) electrons. The maximum atomic E-state index is 13.1. The normalized spacial score (nSPS) is 16.2. The SMILES string of the molecule is O=C(Cc1ccc(Br)cc1)N(Cc1nc2ccccc2c(=O)[nH]1)CC1CCCO1. The summed E-state index contributed by atoms with van der Waals surface area (Å²) in [5.41, 5.74) is 1.38. The lowest BCUT2D eigenvalue weighted by molar-refractivity contribution is -0.132.